The Morgan fingerprint density at radius 2 is 1.79 bits per heavy atom. The third kappa shape index (κ3) is 3.42. The van der Waals surface area contributed by atoms with Gasteiger partial charge in [-0.15, -0.1) is 0 Å². The number of allylic oxidation sites excluding steroid dienone is 1. The van der Waals surface area contributed by atoms with Crippen molar-refractivity contribution in [2.45, 2.75) is 111 Å². The second-order valence-electron chi connectivity index (χ2n) is 12.2. The van der Waals surface area contributed by atoms with Crippen molar-refractivity contribution < 1.29 is 5.11 Å². The lowest BCUT2D eigenvalue weighted by atomic mass is 9.47. The van der Waals surface area contributed by atoms with E-state index in [1.165, 1.54) is 57.8 Å². The minimum absolute atomic E-state index is 0.0766. The van der Waals surface area contributed by atoms with Gasteiger partial charge < -0.3 is 5.11 Å². The van der Waals surface area contributed by atoms with Crippen molar-refractivity contribution in [3.8, 4) is 0 Å². The highest BCUT2D eigenvalue weighted by molar-refractivity contribution is 5.25. The number of hydrogen-bond donors (Lipinski definition) is 1. The second-order valence-corrected chi connectivity index (χ2v) is 12.2. The maximum Gasteiger partial charge on any atom is 0.0577 e. The van der Waals surface area contributed by atoms with E-state index >= 15 is 0 Å². The summed E-state index contributed by atoms with van der Waals surface area (Å²) >= 11 is 0. The Morgan fingerprint density at radius 1 is 1.00 bits per heavy atom. The number of fused-ring (bicyclic) bond motifs is 5. The summed E-state index contributed by atoms with van der Waals surface area (Å²) in [6.07, 6.45) is 17.2. The molecule has 5 unspecified atom stereocenters. The molecule has 0 saturated heterocycles. The summed E-state index contributed by atoms with van der Waals surface area (Å²) in [7, 11) is 0. The minimum Gasteiger partial charge on any atom is -0.393 e. The summed E-state index contributed by atoms with van der Waals surface area (Å²) in [5, 5.41) is 10.2. The Kier molecular flexibility index (Phi) is 5.80. The Morgan fingerprint density at radius 3 is 2.54 bits per heavy atom. The standard InChI is InChI=1S/C27H46O/c1-18(2)7-6-8-19(3)23-11-12-24-22-10-9-20-17-21(28)13-15-26(20,4)25(22)14-16-27(23,24)5/h9,18-19,21-25,28H,6-8,10-17H2,1-5H3/t19-,21?,22?,23?,24?,25?,26-,27+/m0/s1. The average Bonchev–Trinajstić information content (AvgIpc) is 2.99. The van der Waals surface area contributed by atoms with Crippen LogP contribution in [0.1, 0.15) is 105 Å². The number of aliphatic hydroxyl groups excluding tert-OH is 1. The van der Waals surface area contributed by atoms with Gasteiger partial charge in [0.2, 0.25) is 0 Å². The van der Waals surface area contributed by atoms with Gasteiger partial charge in [-0.3, -0.25) is 0 Å². The summed E-state index contributed by atoms with van der Waals surface area (Å²) < 4.78 is 0. The lowest BCUT2D eigenvalue weighted by Crippen LogP contribution is -2.50. The smallest absolute Gasteiger partial charge is 0.0577 e. The molecule has 0 aromatic carbocycles. The van der Waals surface area contributed by atoms with E-state index < -0.39 is 0 Å². The summed E-state index contributed by atoms with van der Waals surface area (Å²) in [4.78, 5) is 0. The van der Waals surface area contributed by atoms with Gasteiger partial charge in [0.1, 0.15) is 0 Å². The first-order valence-corrected chi connectivity index (χ1v) is 12.6. The van der Waals surface area contributed by atoms with Gasteiger partial charge in [-0.1, -0.05) is 65.5 Å². The molecule has 0 bridgehead atoms. The van der Waals surface area contributed by atoms with Crippen molar-refractivity contribution in [3.63, 3.8) is 0 Å². The van der Waals surface area contributed by atoms with E-state index in [-0.39, 0.29) is 6.10 Å². The first-order chi connectivity index (χ1) is 13.3. The Bertz CT molecular complexity index is 591. The van der Waals surface area contributed by atoms with Crippen molar-refractivity contribution in [1.82, 2.24) is 0 Å². The zero-order valence-corrected chi connectivity index (χ0v) is 19.3. The molecule has 0 radical (unpaired) electrons. The van der Waals surface area contributed by atoms with Gasteiger partial charge in [-0.25, -0.2) is 0 Å². The minimum atomic E-state index is -0.0766. The lowest BCUT2D eigenvalue weighted by molar-refractivity contribution is -0.0573. The van der Waals surface area contributed by atoms with Gasteiger partial charge in [0.15, 0.2) is 0 Å². The molecule has 0 aromatic rings. The first kappa shape index (κ1) is 21.0. The van der Waals surface area contributed by atoms with E-state index in [0.29, 0.717) is 10.8 Å². The van der Waals surface area contributed by atoms with Crippen LogP contribution in [-0.2, 0) is 0 Å². The molecule has 160 valence electrons. The van der Waals surface area contributed by atoms with Crippen molar-refractivity contribution in [2.75, 3.05) is 0 Å². The van der Waals surface area contributed by atoms with Crippen LogP contribution in [0.5, 0.6) is 0 Å². The molecule has 4 rings (SSSR count). The summed E-state index contributed by atoms with van der Waals surface area (Å²) in [5.41, 5.74) is 2.60. The molecule has 3 fully saturated rings. The molecule has 0 aliphatic heterocycles. The van der Waals surface area contributed by atoms with Crippen molar-refractivity contribution in [2.24, 2.45) is 46.3 Å². The topological polar surface area (TPSA) is 20.2 Å². The molecule has 1 heteroatoms. The third-order valence-corrected chi connectivity index (χ3v) is 10.3. The van der Waals surface area contributed by atoms with Crippen LogP contribution in [0.15, 0.2) is 11.6 Å². The highest BCUT2D eigenvalue weighted by atomic mass is 16.3. The van der Waals surface area contributed by atoms with Crippen LogP contribution in [0.25, 0.3) is 0 Å². The molecule has 0 spiro atoms. The lowest BCUT2D eigenvalue weighted by Gasteiger charge is -2.58. The van der Waals surface area contributed by atoms with Gasteiger partial charge in [-0.2, -0.15) is 0 Å². The Hall–Kier alpha value is -0.300. The summed E-state index contributed by atoms with van der Waals surface area (Å²) in [5.74, 6) is 5.46. The molecule has 0 aromatic heterocycles. The van der Waals surface area contributed by atoms with Gasteiger partial charge in [0.05, 0.1) is 6.10 Å². The van der Waals surface area contributed by atoms with Gasteiger partial charge >= 0.3 is 0 Å². The molecule has 4 aliphatic rings. The van der Waals surface area contributed by atoms with Crippen molar-refractivity contribution >= 4 is 0 Å². The Labute approximate surface area is 174 Å². The van der Waals surface area contributed by atoms with Crippen LogP contribution in [0.3, 0.4) is 0 Å². The summed E-state index contributed by atoms with van der Waals surface area (Å²) in [6.45, 7) is 12.6. The highest BCUT2D eigenvalue weighted by Crippen LogP contribution is 2.67. The fourth-order valence-electron chi connectivity index (χ4n) is 8.67. The van der Waals surface area contributed by atoms with E-state index in [1.54, 1.807) is 5.57 Å². The molecule has 28 heavy (non-hydrogen) atoms. The molecule has 3 saturated carbocycles. The summed E-state index contributed by atoms with van der Waals surface area (Å²) in [6, 6.07) is 0. The van der Waals surface area contributed by atoms with Gasteiger partial charge in [0, 0.05) is 0 Å². The van der Waals surface area contributed by atoms with E-state index in [0.717, 1.165) is 48.3 Å². The van der Waals surface area contributed by atoms with Crippen LogP contribution in [-0.4, -0.2) is 11.2 Å². The predicted octanol–water partition coefficient (Wildman–Crippen LogP) is 7.39. The van der Waals surface area contributed by atoms with Crippen LogP contribution in [0.4, 0.5) is 0 Å². The first-order valence-electron chi connectivity index (χ1n) is 12.6. The maximum atomic E-state index is 10.2. The zero-order chi connectivity index (χ0) is 20.1. The van der Waals surface area contributed by atoms with Crippen LogP contribution < -0.4 is 0 Å². The van der Waals surface area contributed by atoms with E-state index in [2.05, 4.69) is 40.7 Å². The molecule has 8 atom stereocenters. The Balaban J connectivity index is 1.49. The molecule has 1 N–H and O–H groups in total. The fourth-order valence-corrected chi connectivity index (χ4v) is 8.67. The van der Waals surface area contributed by atoms with Crippen LogP contribution in [0.2, 0.25) is 0 Å². The molecule has 4 aliphatic carbocycles. The monoisotopic (exact) mass is 386 g/mol. The van der Waals surface area contributed by atoms with Gasteiger partial charge in [0.25, 0.3) is 0 Å². The highest BCUT2D eigenvalue weighted by Gasteiger charge is 2.59. The third-order valence-electron chi connectivity index (χ3n) is 10.3. The molecule has 0 amide bonds. The van der Waals surface area contributed by atoms with E-state index in [1.807, 2.05) is 0 Å². The fraction of sp³-hybridized carbons (Fsp3) is 0.926. The molecule has 0 heterocycles. The molecular formula is C27H46O. The average molecular weight is 387 g/mol. The van der Waals surface area contributed by atoms with Crippen molar-refractivity contribution in [1.29, 1.82) is 0 Å². The zero-order valence-electron chi connectivity index (χ0n) is 19.3. The van der Waals surface area contributed by atoms with Crippen LogP contribution in [0, 0.1) is 46.3 Å². The van der Waals surface area contributed by atoms with E-state index in [9.17, 15) is 5.11 Å². The van der Waals surface area contributed by atoms with Crippen LogP contribution >= 0.6 is 0 Å². The molecule has 1 nitrogen and oxygen atoms in total. The predicted molar refractivity (Wildman–Crippen MR) is 119 cm³/mol. The SMILES string of the molecule is CC(C)CCC[C@H](C)C1CCC2C3CC=C4CC(O)CC[C@]4(C)C3CC[C@@]21C. The quantitative estimate of drug-likeness (QED) is 0.488. The normalized spacial score (nSPS) is 46.5. The number of aliphatic hydroxyl groups is 1. The van der Waals surface area contributed by atoms with Gasteiger partial charge in [-0.05, 0) is 97.7 Å². The maximum absolute atomic E-state index is 10.2. The number of rotatable bonds is 5. The second kappa shape index (κ2) is 7.75. The number of hydrogen-bond acceptors (Lipinski definition) is 1. The molecular weight excluding hydrogens is 340 g/mol. The van der Waals surface area contributed by atoms with E-state index in [4.69, 9.17) is 0 Å². The largest absolute Gasteiger partial charge is 0.393 e. The van der Waals surface area contributed by atoms with Crippen molar-refractivity contribution in [3.05, 3.63) is 11.6 Å².